The fourth-order valence-electron chi connectivity index (χ4n) is 2.44. The summed E-state index contributed by atoms with van der Waals surface area (Å²) in [6.45, 7) is 1.02. The summed E-state index contributed by atoms with van der Waals surface area (Å²) in [6, 6.07) is 0.387. The van der Waals surface area contributed by atoms with Crippen LogP contribution in [0.1, 0.15) is 32.1 Å². The molecule has 70 valence electrons. The Labute approximate surface area is 71.5 Å². The number of halogens is 2. The molecule has 0 aromatic heterocycles. The molecule has 0 radical (unpaired) electrons. The molecule has 2 rings (SSSR count). The molecule has 2 fully saturated rings. The van der Waals surface area contributed by atoms with Crippen molar-refractivity contribution in [3.8, 4) is 0 Å². The molecule has 0 amide bonds. The van der Waals surface area contributed by atoms with Gasteiger partial charge >= 0.3 is 0 Å². The van der Waals surface area contributed by atoms with E-state index in [-0.39, 0.29) is 18.8 Å². The molecule has 0 bridgehead atoms. The topological polar surface area (TPSA) is 12.0 Å². The molecule has 3 heteroatoms. The Morgan fingerprint density at radius 3 is 2.58 bits per heavy atom. The van der Waals surface area contributed by atoms with Crippen LogP contribution in [-0.2, 0) is 0 Å². The standard InChI is InChI=1S/C9H15F2N/c10-9(11)4-3-7(6-9)8-2-1-5-12-8/h7-8,12H,1-6H2. The first kappa shape index (κ1) is 8.42. The minimum Gasteiger partial charge on any atom is -0.314 e. The Balaban J connectivity index is 1.90. The second-order valence-corrected chi connectivity index (χ2v) is 4.06. The first-order chi connectivity index (χ1) is 5.67. The minimum atomic E-state index is -2.37. The highest BCUT2D eigenvalue weighted by Crippen LogP contribution is 2.41. The summed E-state index contributed by atoms with van der Waals surface area (Å²) in [5.74, 6) is -2.13. The van der Waals surface area contributed by atoms with Gasteiger partial charge in [0.2, 0.25) is 5.92 Å². The van der Waals surface area contributed by atoms with Crippen molar-refractivity contribution >= 4 is 0 Å². The minimum absolute atomic E-state index is 0.107. The molecule has 1 heterocycles. The summed E-state index contributed by atoms with van der Waals surface area (Å²) in [5.41, 5.74) is 0. The summed E-state index contributed by atoms with van der Waals surface area (Å²) >= 11 is 0. The number of hydrogen-bond donors (Lipinski definition) is 1. The van der Waals surface area contributed by atoms with Gasteiger partial charge in [0.05, 0.1) is 0 Å². The van der Waals surface area contributed by atoms with E-state index in [0.29, 0.717) is 12.5 Å². The third-order valence-electron chi connectivity index (χ3n) is 3.11. The number of rotatable bonds is 1. The van der Waals surface area contributed by atoms with E-state index >= 15 is 0 Å². The highest BCUT2D eigenvalue weighted by Gasteiger charge is 2.42. The van der Waals surface area contributed by atoms with Crippen molar-refractivity contribution in [2.45, 2.75) is 44.1 Å². The van der Waals surface area contributed by atoms with Crippen LogP contribution in [0.3, 0.4) is 0 Å². The van der Waals surface area contributed by atoms with Crippen LogP contribution in [0.4, 0.5) is 8.78 Å². The van der Waals surface area contributed by atoms with Gasteiger partial charge < -0.3 is 5.32 Å². The van der Waals surface area contributed by atoms with Gasteiger partial charge in [-0.05, 0) is 31.7 Å². The maximum atomic E-state index is 12.8. The molecule has 12 heavy (non-hydrogen) atoms. The molecule has 1 N–H and O–H groups in total. The fraction of sp³-hybridized carbons (Fsp3) is 1.00. The Morgan fingerprint density at radius 2 is 2.08 bits per heavy atom. The zero-order chi connectivity index (χ0) is 8.60. The Bertz CT molecular complexity index is 164. The number of hydrogen-bond acceptors (Lipinski definition) is 1. The van der Waals surface area contributed by atoms with Crippen LogP contribution in [0.5, 0.6) is 0 Å². The van der Waals surface area contributed by atoms with Crippen LogP contribution < -0.4 is 5.32 Å². The van der Waals surface area contributed by atoms with Crippen molar-refractivity contribution in [1.29, 1.82) is 0 Å². The number of nitrogens with one attached hydrogen (secondary N) is 1. The summed E-state index contributed by atoms with van der Waals surface area (Å²) in [7, 11) is 0. The predicted octanol–water partition coefficient (Wildman–Crippen LogP) is 2.17. The third kappa shape index (κ3) is 1.60. The van der Waals surface area contributed by atoms with Gasteiger partial charge in [0.1, 0.15) is 0 Å². The molecular formula is C9H15F2N. The van der Waals surface area contributed by atoms with E-state index in [9.17, 15) is 8.78 Å². The van der Waals surface area contributed by atoms with E-state index in [1.807, 2.05) is 0 Å². The van der Waals surface area contributed by atoms with Gasteiger partial charge in [0.25, 0.3) is 0 Å². The van der Waals surface area contributed by atoms with Crippen LogP contribution in [0.15, 0.2) is 0 Å². The Hall–Kier alpha value is -0.180. The van der Waals surface area contributed by atoms with Crippen LogP contribution in [0.2, 0.25) is 0 Å². The van der Waals surface area contributed by atoms with Gasteiger partial charge in [-0.25, -0.2) is 8.78 Å². The van der Waals surface area contributed by atoms with E-state index in [1.165, 1.54) is 0 Å². The summed E-state index contributed by atoms with van der Waals surface area (Å²) in [5, 5.41) is 3.30. The van der Waals surface area contributed by atoms with Crippen LogP contribution in [0.25, 0.3) is 0 Å². The lowest BCUT2D eigenvalue weighted by Crippen LogP contribution is -2.29. The van der Waals surface area contributed by atoms with Gasteiger partial charge in [0.15, 0.2) is 0 Å². The van der Waals surface area contributed by atoms with Crippen molar-refractivity contribution in [3.63, 3.8) is 0 Å². The molecule has 1 saturated heterocycles. The second-order valence-electron chi connectivity index (χ2n) is 4.06. The van der Waals surface area contributed by atoms with Crippen LogP contribution >= 0.6 is 0 Å². The zero-order valence-electron chi connectivity index (χ0n) is 7.15. The molecule has 1 saturated carbocycles. The SMILES string of the molecule is FC1(F)CCC(C2CCCN2)C1. The molecule has 0 aromatic carbocycles. The zero-order valence-corrected chi connectivity index (χ0v) is 7.15. The summed E-state index contributed by atoms with van der Waals surface area (Å²) in [6.07, 6.45) is 3.19. The van der Waals surface area contributed by atoms with Crippen molar-refractivity contribution < 1.29 is 8.78 Å². The van der Waals surface area contributed by atoms with Crippen molar-refractivity contribution in [2.75, 3.05) is 6.54 Å². The highest BCUT2D eigenvalue weighted by molar-refractivity contribution is 4.90. The average molecular weight is 175 g/mol. The van der Waals surface area contributed by atoms with Gasteiger partial charge in [-0.3, -0.25) is 0 Å². The van der Waals surface area contributed by atoms with Gasteiger partial charge in [-0.2, -0.15) is 0 Å². The second kappa shape index (κ2) is 2.95. The molecular weight excluding hydrogens is 160 g/mol. The third-order valence-corrected chi connectivity index (χ3v) is 3.11. The lowest BCUT2D eigenvalue weighted by atomic mass is 9.97. The molecule has 2 aliphatic rings. The molecule has 2 unspecified atom stereocenters. The van der Waals surface area contributed by atoms with E-state index in [1.54, 1.807) is 0 Å². The van der Waals surface area contributed by atoms with Gasteiger partial charge in [0, 0.05) is 18.9 Å². The monoisotopic (exact) mass is 175 g/mol. The molecule has 1 aliphatic heterocycles. The van der Waals surface area contributed by atoms with Crippen molar-refractivity contribution in [2.24, 2.45) is 5.92 Å². The molecule has 1 aliphatic carbocycles. The largest absolute Gasteiger partial charge is 0.314 e. The normalized spacial score (nSPS) is 40.5. The maximum Gasteiger partial charge on any atom is 0.248 e. The lowest BCUT2D eigenvalue weighted by Gasteiger charge is -2.18. The molecule has 2 atom stereocenters. The summed E-state index contributed by atoms with van der Waals surface area (Å²) < 4.78 is 25.6. The Morgan fingerprint density at radius 1 is 1.25 bits per heavy atom. The highest BCUT2D eigenvalue weighted by atomic mass is 19.3. The molecule has 0 aromatic rings. The van der Waals surface area contributed by atoms with Gasteiger partial charge in [-0.15, -0.1) is 0 Å². The van der Waals surface area contributed by atoms with E-state index in [2.05, 4.69) is 5.32 Å². The maximum absolute atomic E-state index is 12.8. The fourth-order valence-corrected chi connectivity index (χ4v) is 2.44. The lowest BCUT2D eigenvalue weighted by molar-refractivity contribution is 0.00363. The average Bonchev–Trinajstić information content (AvgIpc) is 2.55. The van der Waals surface area contributed by atoms with Crippen LogP contribution in [0, 0.1) is 5.92 Å². The van der Waals surface area contributed by atoms with Crippen molar-refractivity contribution in [1.82, 2.24) is 5.32 Å². The van der Waals surface area contributed by atoms with Gasteiger partial charge in [-0.1, -0.05) is 0 Å². The first-order valence-corrected chi connectivity index (χ1v) is 4.79. The van der Waals surface area contributed by atoms with E-state index < -0.39 is 5.92 Å². The van der Waals surface area contributed by atoms with E-state index in [4.69, 9.17) is 0 Å². The predicted molar refractivity (Wildman–Crippen MR) is 43.3 cm³/mol. The Kier molecular flexibility index (Phi) is 2.07. The van der Waals surface area contributed by atoms with Crippen molar-refractivity contribution in [3.05, 3.63) is 0 Å². The first-order valence-electron chi connectivity index (χ1n) is 4.79. The molecule has 1 nitrogen and oxygen atoms in total. The van der Waals surface area contributed by atoms with E-state index in [0.717, 1.165) is 19.4 Å². The molecule has 0 spiro atoms. The number of alkyl halides is 2. The van der Waals surface area contributed by atoms with Crippen LogP contribution in [-0.4, -0.2) is 18.5 Å². The smallest absolute Gasteiger partial charge is 0.248 e. The quantitative estimate of drug-likeness (QED) is 0.644. The summed E-state index contributed by atoms with van der Waals surface area (Å²) in [4.78, 5) is 0.